The molecule has 88 valence electrons. The van der Waals surface area contributed by atoms with Crippen LogP contribution in [0, 0.1) is 5.92 Å². The molecule has 3 rings (SSSR count). The molecule has 1 saturated carbocycles. The van der Waals surface area contributed by atoms with Crippen molar-refractivity contribution in [2.24, 2.45) is 11.7 Å². The van der Waals surface area contributed by atoms with E-state index in [9.17, 15) is 9.59 Å². The van der Waals surface area contributed by atoms with E-state index < -0.39 is 17.2 Å². The summed E-state index contributed by atoms with van der Waals surface area (Å²) in [6.45, 7) is 0. The zero-order chi connectivity index (χ0) is 12.4. The van der Waals surface area contributed by atoms with E-state index in [0.717, 1.165) is 11.3 Å². The Kier molecular flexibility index (Phi) is 1.88. The molecule has 2 N–H and O–H groups in total. The van der Waals surface area contributed by atoms with Crippen LogP contribution in [0.2, 0.25) is 5.02 Å². The third-order valence-corrected chi connectivity index (χ3v) is 4.03. The Morgan fingerprint density at radius 1 is 1.59 bits per heavy atom. The first-order chi connectivity index (χ1) is 7.98. The third kappa shape index (κ3) is 1.13. The molecule has 2 aliphatic rings. The molecule has 5 heteroatoms. The molecule has 0 unspecified atom stereocenters. The maximum absolute atomic E-state index is 12.2. The van der Waals surface area contributed by atoms with E-state index in [1.54, 1.807) is 30.1 Å². The summed E-state index contributed by atoms with van der Waals surface area (Å²) in [5, 5.41) is 0.571. The number of fused-ring (bicyclic) bond motifs is 2. The fourth-order valence-corrected chi connectivity index (χ4v) is 2.99. The van der Waals surface area contributed by atoms with E-state index >= 15 is 0 Å². The highest BCUT2D eigenvalue weighted by molar-refractivity contribution is 6.31. The summed E-state index contributed by atoms with van der Waals surface area (Å²) in [7, 11) is 1.71. The van der Waals surface area contributed by atoms with E-state index in [-0.39, 0.29) is 5.91 Å². The zero-order valence-electron chi connectivity index (χ0n) is 9.24. The number of amides is 2. The molecule has 4 nitrogen and oxygen atoms in total. The van der Waals surface area contributed by atoms with Crippen LogP contribution in [0.1, 0.15) is 12.0 Å². The second-order valence-corrected chi connectivity index (χ2v) is 5.09. The van der Waals surface area contributed by atoms with Crippen molar-refractivity contribution in [1.82, 2.24) is 0 Å². The van der Waals surface area contributed by atoms with Gasteiger partial charge in [0, 0.05) is 17.8 Å². The molecule has 2 atom stereocenters. The summed E-state index contributed by atoms with van der Waals surface area (Å²) in [4.78, 5) is 25.1. The predicted molar refractivity (Wildman–Crippen MR) is 63.8 cm³/mol. The van der Waals surface area contributed by atoms with Gasteiger partial charge in [0.2, 0.25) is 11.8 Å². The van der Waals surface area contributed by atoms with Crippen LogP contribution in [0.3, 0.4) is 0 Å². The number of rotatable bonds is 1. The van der Waals surface area contributed by atoms with Gasteiger partial charge >= 0.3 is 0 Å². The number of primary amides is 1. The highest BCUT2D eigenvalue weighted by atomic mass is 35.5. The van der Waals surface area contributed by atoms with E-state index in [1.165, 1.54) is 0 Å². The number of benzene rings is 1. The average molecular weight is 251 g/mol. The Labute approximate surface area is 103 Å². The van der Waals surface area contributed by atoms with Crippen LogP contribution < -0.4 is 10.6 Å². The Bertz CT molecular complexity index is 557. The summed E-state index contributed by atoms with van der Waals surface area (Å²) in [6, 6.07) is 5.31. The lowest BCUT2D eigenvalue weighted by Crippen LogP contribution is -2.32. The van der Waals surface area contributed by atoms with E-state index in [4.69, 9.17) is 17.3 Å². The van der Waals surface area contributed by atoms with Gasteiger partial charge in [-0.05, 0) is 30.2 Å². The Hall–Kier alpha value is -1.55. The van der Waals surface area contributed by atoms with Crippen LogP contribution in [0.4, 0.5) is 5.69 Å². The molecular formula is C12H11ClN2O2. The number of nitrogens with two attached hydrogens (primary N) is 1. The van der Waals surface area contributed by atoms with Gasteiger partial charge in [-0.25, -0.2) is 0 Å². The number of hydrogen-bond donors (Lipinski definition) is 1. The minimum atomic E-state index is -0.735. The Morgan fingerprint density at radius 3 is 2.88 bits per heavy atom. The zero-order valence-corrected chi connectivity index (χ0v) is 9.99. The molecule has 1 aromatic rings. The lowest BCUT2D eigenvalue weighted by Gasteiger charge is -2.10. The van der Waals surface area contributed by atoms with E-state index in [0.29, 0.717) is 11.4 Å². The van der Waals surface area contributed by atoms with Gasteiger partial charge in [0.25, 0.3) is 0 Å². The second-order valence-electron chi connectivity index (χ2n) is 4.66. The van der Waals surface area contributed by atoms with Crippen molar-refractivity contribution < 1.29 is 9.59 Å². The summed E-state index contributed by atoms with van der Waals surface area (Å²) >= 11 is 5.96. The monoisotopic (exact) mass is 250 g/mol. The second kappa shape index (κ2) is 3.01. The van der Waals surface area contributed by atoms with Gasteiger partial charge in [-0.3, -0.25) is 9.59 Å². The van der Waals surface area contributed by atoms with Crippen LogP contribution in [0.5, 0.6) is 0 Å². The molecule has 1 aliphatic carbocycles. The summed E-state index contributed by atoms with van der Waals surface area (Å²) in [5.74, 6) is -0.865. The summed E-state index contributed by atoms with van der Waals surface area (Å²) < 4.78 is 0. The van der Waals surface area contributed by atoms with Crippen molar-refractivity contribution in [3.05, 3.63) is 28.8 Å². The minimum Gasteiger partial charge on any atom is -0.369 e. The van der Waals surface area contributed by atoms with Gasteiger partial charge in [0.15, 0.2) is 0 Å². The number of anilines is 1. The molecule has 0 bridgehead atoms. The normalized spacial score (nSPS) is 29.6. The Balaban J connectivity index is 2.18. The fourth-order valence-electron chi connectivity index (χ4n) is 2.82. The van der Waals surface area contributed by atoms with Crippen LogP contribution in [-0.2, 0) is 15.0 Å². The first-order valence-electron chi connectivity index (χ1n) is 5.36. The maximum Gasteiger partial charge on any atom is 0.238 e. The van der Waals surface area contributed by atoms with Crippen molar-refractivity contribution in [3.8, 4) is 0 Å². The SMILES string of the molecule is CN1C(=O)[C@]2(C[C@H]2C(N)=O)c2cc(Cl)ccc21. The van der Waals surface area contributed by atoms with Crippen molar-refractivity contribution in [1.29, 1.82) is 0 Å². The largest absolute Gasteiger partial charge is 0.369 e. The number of halogens is 1. The quantitative estimate of drug-likeness (QED) is 0.810. The smallest absolute Gasteiger partial charge is 0.238 e. The maximum atomic E-state index is 12.2. The predicted octanol–water partition coefficient (Wildman–Crippen LogP) is 1.06. The molecule has 1 heterocycles. The molecule has 0 radical (unpaired) electrons. The van der Waals surface area contributed by atoms with Crippen LogP contribution in [0.25, 0.3) is 0 Å². The molecular weight excluding hydrogens is 240 g/mol. The molecule has 1 fully saturated rings. The highest BCUT2D eigenvalue weighted by Gasteiger charge is 2.68. The highest BCUT2D eigenvalue weighted by Crippen LogP contribution is 2.61. The lowest BCUT2D eigenvalue weighted by atomic mass is 9.94. The third-order valence-electron chi connectivity index (χ3n) is 3.79. The lowest BCUT2D eigenvalue weighted by molar-refractivity contribution is -0.124. The van der Waals surface area contributed by atoms with Crippen molar-refractivity contribution in [2.75, 3.05) is 11.9 Å². The first kappa shape index (κ1) is 10.6. The summed E-state index contributed by atoms with van der Waals surface area (Å²) in [6.07, 6.45) is 0.499. The molecule has 0 aromatic heterocycles. The van der Waals surface area contributed by atoms with Gasteiger partial charge < -0.3 is 10.6 Å². The van der Waals surface area contributed by atoms with Crippen molar-refractivity contribution in [3.63, 3.8) is 0 Å². The van der Waals surface area contributed by atoms with Crippen molar-refractivity contribution in [2.45, 2.75) is 11.8 Å². The number of carbonyl (C=O) groups is 2. The molecule has 1 aromatic carbocycles. The van der Waals surface area contributed by atoms with Crippen molar-refractivity contribution >= 4 is 29.1 Å². The minimum absolute atomic E-state index is 0.0569. The van der Waals surface area contributed by atoms with E-state index in [2.05, 4.69) is 0 Å². The van der Waals surface area contributed by atoms with Crippen LogP contribution >= 0.6 is 11.6 Å². The van der Waals surface area contributed by atoms with Crippen LogP contribution in [0.15, 0.2) is 18.2 Å². The van der Waals surface area contributed by atoms with Gasteiger partial charge in [-0.2, -0.15) is 0 Å². The first-order valence-corrected chi connectivity index (χ1v) is 5.74. The Morgan fingerprint density at radius 2 is 2.29 bits per heavy atom. The molecule has 2 amide bonds. The fraction of sp³-hybridized carbons (Fsp3) is 0.333. The van der Waals surface area contributed by atoms with Gasteiger partial charge in [0.1, 0.15) is 0 Å². The molecule has 1 aliphatic heterocycles. The number of likely N-dealkylation sites (N-methyl/N-ethyl adjacent to an activating group) is 1. The van der Waals surface area contributed by atoms with Gasteiger partial charge in [-0.1, -0.05) is 11.6 Å². The average Bonchev–Trinajstić information content (AvgIpc) is 2.99. The van der Waals surface area contributed by atoms with Gasteiger partial charge in [0.05, 0.1) is 11.3 Å². The number of nitrogens with zero attached hydrogens (tertiary/aromatic N) is 1. The number of hydrogen-bond acceptors (Lipinski definition) is 2. The van der Waals surface area contributed by atoms with Crippen LogP contribution in [-0.4, -0.2) is 18.9 Å². The molecule has 0 saturated heterocycles. The summed E-state index contributed by atoms with van der Waals surface area (Å²) in [5.41, 5.74) is 6.23. The number of carbonyl (C=O) groups excluding carboxylic acids is 2. The standard InChI is InChI=1S/C12H11ClN2O2/c1-15-9-3-2-6(13)4-7(9)12(11(15)17)5-8(12)10(14)16/h2-4,8H,5H2,1H3,(H2,14,16)/t8-,12+/m0/s1. The molecule has 1 spiro atoms. The molecule has 17 heavy (non-hydrogen) atoms. The van der Waals surface area contributed by atoms with Gasteiger partial charge in [-0.15, -0.1) is 0 Å². The van der Waals surface area contributed by atoms with E-state index in [1.807, 2.05) is 0 Å². The topological polar surface area (TPSA) is 63.4 Å².